The minimum Gasteiger partial charge on any atom is -0.396 e. The Bertz CT molecular complexity index is 734. The third kappa shape index (κ3) is 3.95. The van der Waals surface area contributed by atoms with Gasteiger partial charge in [0.15, 0.2) is 0 Å². The SMILES string of the molecule is CC(C)C1CCC(N2CCC(n3c(CCO)cc4ccccc43)CC2)CC1. The zero-order valence-corrected chi connectivity index (χ0v) is 17.1. The van der Waals surface area contributed by atoms with Crippen LogP contribution in [0.2, 0.25) is 0 Å². The van der Waals surface area contributed by atoms with Crippen molar-refractivity contribution < 1.29 is 5.11 Å². The van der Waals surface area contributed by atoms with Gasteiger partial charge in [-0.1, -0.05) is 32.0 Å². The van der Waals surface area contributed by atoms with E-state index in [1.54, 1.807) is 0 Å². The molecule has 0 unspecified atom stereocenters. The maximum Gasteiger partial charge on any atom is 0.0485 e. The number of aromatic nitrogens is 1. The summed E-state index contributed by atoms with van der Waals surface area (Å²) in [5.74, 6) is 1.80. The van der Waals surface area contributed by atoms with Crippen LogP contribution >= 0.6 is 0 Å². The highest BCUT2D eigenvalue weighted by molar-refractivity contribution is 5.81. The molecule has 0 spiro atoms. The van der Waals surface area contributed by atoms with Crippen molar-refractivity contribution in [1.82, 2.24) is 9.47 Å². The normalized spacial score (nSPS) is 25.5. The smallest absolute Gasteiger partial charge is 0.0485 e. The third-order valence-corrected chi connectivity index (χ3v) is 7.26. The lowest BCUT2D eigenvalue weighted by Gasteiger charge is -2.42. The number of hydrogen-bond acceptors (Lipinski definition) is 2. The summed E-state index contributed by atoms with van der Waals surface area (Å²) in [6.45, 7) is 7.47. The zero-order valence-electron chi connectivity index (χ0n) is 17.1. The molecule has 1 saturated carbocycles. The molecule has 1 saturated heterocycles. The Hall–Kier alpha value is -1.32. The van der Waals surface area contributed by atoms with E-state index in [9.17, 15) is 5.11 Å². The molecule has 2 aromatic rings. The number of benzene rings is 1. The van der Waals surface area contributed by atoms with Gasteiger partial charge in [-0.25, -0.2) is 0 Å². The van der Waals surface area contributed by atoms with E-state index >= 15 is 0 Å². The van der Waals surface area contributed by atoms with E-state index in [0.29, 0.717) is 6.04 Å². The minimum atomic E-state index is 0.230. The van der Waals surface area contributed by atoms with Crippen LogP contribution in [0.15, 0.2) is 30.3 Å². The number of piperidine rings is 1. The predicted molar refractivity (Wildman–Crippen MR) is 113 cm³/mol. The van der Waals surface area contributed by atoms with Gasteiger partial charge in [0.05, 0.1) is 0 Å². The fourth-order valence-electron chi connectivity index (χ4n) is 5.61. The largest absolute Gasteiger partial charge is 0.396 e. The third-order valence-electron chi connectivity index (χ3n) is 7.26. The fourth-order valence-corrected chi connectivity index (χ4v) is 5.61. The second-order valence-electron chi connectivity index (χ2n) is 9.12. The standard InChI is InChI=1S/C24H36N2O/c1-18(2)19-7-9-21(10-8-19)25-14-11-22(12-15-25)26-23(13-16-27)17-20-5-3-4-6-24(20)26/h3-6,17-19,21-22,27H,7-16H2,1-2H3. The Kier molecular flexibility index (Phi) is 5.89. The minimum absolute atomic E-state index is 0.230. The molecular formula is C24H36N2O. The zero-order chi connectivity index (χ0) is 18.8. The molecular weight excluding hydrogens is 332 g/mol. The number of likely N-dealkylation sites (tertiary alicyclic amines) is 1. The van der Waals surface area contributed by atoms with Crippen LogP contribution in [0.4, 0.5) is 0 Å². The molecule has 2 fully saturated rings. The second kappa shape index (κ2) is 8.36. The highest BCUT2D eigenvalue weighted by atomic mass is 16.3. The van der Waals surface area contributed by atoms with E-state index in [2.05, 4.69) is 53.6 Å². The van der Waals surface area contributed by atoms with Crippen molar-refractivity contribution in [3.63, 3.8) is 0 Å². The topological polar surface area (TPSA) is 28.4 Å². The molecule has 27 heavy (non-hydrogen) atoms. The molecule has 1 N–H and O–H groups in total. The molecule has 2 heterocycles. The highest BCUT2D eigenvalue weighted by Gasteiger charge is 2.31. The Morgan fingerprint density at radius 2 is 1.67 bits per heavy atom. The van der Waals surface area contributed by atoms with Crippen LogP contribution < -0.4 is 0 Å². The summed E-state index contributed by atoms with van der Waals surface area (Å²) in [5, 5.41) is 10.8. The van der Waals surface area contributed by atoms with Crippen molar-refractivity contribution in [2.45, 2.75) is 70.9 Å². The van der Waals surface area contributed by atoms with Gasteiger partial charge in [0.2, 0.25) is 0 Å². The fraction of sp³-hybridized carbons (Fsp3) is 0.667. The van der Waals surface area contributed by atoms with Gasteiger partial charge in [0, 0.05) is 49.4 Å². The Balaban J connectivity index is 1.43. The van der Waals surface area contributed by atoms with E-state index in [-0.39, 0.29) is 6.61 Å². The number of para-hydroxylation sites is 1. The first kappa shape index (κ1) is 19.0. The summed E-state index contributed by atoms with van der Waals surface area (Å²) in [5.41, 5.74) is 2.64. The summed E-state index contributed by atoms with van der Waals surface area (Å²) in [6.07, 6.45) is 8.87. The lowest BCUT2D eigenvalue weighted by Crippen LogP contribution is -2.44. The molecule has 1 aromatic heterocycles. The van der Waals surface area contributed by atoms with Crippen LogP contribution in [0, 0.1) is 11.8 Å². The lowest BCUT2D eigenvalue weighted by molar-refractivity contribution is 0.0888. The molecule has 3 heteroatoms. The molecule has 0 atom stereocenters. The summed E-state index contributed by atoms with van der Waals surface area (Å²) < 4.78 is 2.54. The molecule has 0 bridgehead atoms. The number of rotatable bonds is 5. The molecule has 4 rings (SSSR count). The van der Waals surface area contributed by atoms with Crippen molar-refractivity contribution >= 4 is 10.9 Å². The van der Waals surface area contributed by atoms with Crippen LogP contribution in [0.1, 0.15) is 64.1 Å². The molecule has 148 valence electrons. The lowest BCUT2D eigenvalue weighted by atomic mass is 9.79. The van der Waals surface area contributed by atoms with Crippen LogP contribution in [0.25, 0.3) is 10.9 Å². The summed E-state index contributed by atoms with van der Waals surface area (Å²) >= 11 is 0. The molecule has 0 radical (unpaired) electrons. The van der Waals surface area contributed by atoms with Gasteiger partial charge in [-0.3, -0.25) is 0 Å². The van der Waals surface area contributed by atoms with Gasteiger partial charge >= 0.3 is 0 Å². The van der Waals surface area contributed by atoms with Gasteiger partial charge in [0.25, 0.3) is 0 Å². The number of nitrogens with zero attached hydrogens (tertiary/aromatic N) is 2. The van der Waals surface area contributed by atoms with Crippen LogP contribution in [-0.2, 0) is 6.42 Å². The van der Waals surface area contributed by atoms with E-state index < -0.39 is 0 Å². The van der Waals surface area contributed by atoms with E-state index in [1.165, 1.54) is 68.2 Å². The van der Waals surface area contributed by atoms with Crippen molar-refractivity contribution in [3.05, 3.63) is 36.0 Å². The monoisotopic (exact) mass is 368 g/mol. The number of aliphatic hydroxyl groups excluding tert-OH is 1. The average Bonchev–Trinajstić information content (AvgIpc) is 3.06. The quantitative estimate of drug-likeness (QED) is 0.802. The van der Waals surface area contributed by atoms with Crippen molar-refractivity contribution in [2.75, 3.05) is 19.7 Å². The van der Waals surface area contributed by atoms with Crippen molar-refractivity contribution in [1.29, 1.82) is 0 Å². The van der Waals surface area contributed by atoms with Crippen LogP contribution in [0.5, 0.6) is 0 Å². The first-order valence-corrected chi connectivity index (χ1v) is 11.1. The summed E-state index contributed by atoms with van der Waals surface area (Å²) in [7, 11) is 0. The van der Waals surface area contributed by atoms with Crippen molar-refractivity contribution in [3.8, 4) is 0 Å². The van der Waals surface area contributed by atoms with Gasteiger partial charge in [-0.15, -0.1) is 0 Å². The van der Waals surface area contributed by atoms with Gasteiger partial charge in [-0.2, -0.15) is 0 Å². The Morgan fingerprint density at radius 3 is 2.33 bits per heavy atom. The molecule has 2 aliphatic rings. The highest BCUT2D eigenvalue weighted by Crippen LogP contribution is 2.36. The van der Waals surface area contributed by atoms with Crippen LogP contribution in [0.3, 0.4) is 0 Å². The van der Waals surface area contributed by atoms with Gasteiger partial charge in [-0.05, 0) is 67.9 Å². The molecule has 1 aromatic carbocycles. The van der Waals surface area contributed by atoms with Gasteiger partial charge in [0.1, 0.15) is 0 Å². The molecule has 1 aliphatic carbocycles. The maximum atomic E-state index is 9.52. The summed E-state index contributed by atoms with van der Waals surface area (Å²) in [6, 6.07) is 12.4. The molecule has 0 amide bonds. The Labute approximate surface area is 164 Å². The maximum absolute atomic E-state index is 9.52. The first-order chi connectivity index (χ1) is 13.2. The predicted octanol–water partition coefficient (Wildman–Crippen LogP) is 5.03. The second-order valence-corrected chi connectivity index (χ2v) is 9.12. The van der Waals surface area contributed by atoms with Crippen LogP contribution in [-0.4, -0.2) is 40.3 Å². The molecule has 3 nitrogen and oxygen atoms in total. The van der Waals surface area contributed by atoms with Crippen molar-refractivity contribution in [2.24, 2.45) is 11.8 Å². The Morgan fingerprint density at radius 1 is 0.963 bits per heavy atom. The first-order valence-electron chi connectivity index (χ1n) is 11.1. The average molecular weight is 369 g/mol. The van der Waals surface area contributed by atoms with E-state index in [1.807, 2.05) is 0 Å². The van der Waals surface area contributed by atoms with E-state index in [4.69, 9.17) is 0 Å². The van der Waals surface area contributed by atoms with Gasteiger partial charge < -0.3 is 14.6 Å². The number of fused-ring (bicyclic) bond motifs is 1. The molecule has 1 aliphatic heterocycles. The van der Waals surface area contributed by atoms with E-state index in [0.717, 1.165) is 24.3 Å². The number of hydrogen-bond donors (Lipinski definition) is 1. The number of aliphatic hydroxyl groups is 1. The summed E-state index contributed by atoms with van der Waals surface area (Å²) in [4.78, 5) is 2.78.